The van der Waals surface area contributed by atoms with Crippen LogP contribution in [0.15, 0.2) is 29.3 Å². The molecule has 0 saturated heterocycles. The molecule has 0 spiro atoms. The van der Waals surface area contributed by atoms with Gasteiger partial charge in [-0.1, -0.05) is 36.7 Å². The van der Waals surface area contributed by atoms with Crippen molar-refractivity contribution in [2.45, 2.75) is 31.2 Å². The van der Waals surface area contributed by atoms with Crippen molar-refractivity contribution in [3.05, 3.63) is 39.9 Å². The van der Waals surface area contributed by atoms with Crippen molar-refractivity contribution in [3.63, 3.8) is 0 Å². The summed E-state index contributed by atoms with van der Waals surface area (Å²) in [5, 5.41) is 11.6. The largest absolute Gasteiger partial charge is 0.379 e. The van der Waals surface area contributed by atoms with Gasteiger partial charge in [-0.05, 0) is 24.3 Å². The van der Waals surface area contributed by atoms with Crippen molar-refractivity contribution < 1.29 is 4.92 Å². The molecule has 20 heavy (non-hydrogen) atoms. The second-order valence-electron chi connectivity index (χ2n) is 5.44. The molecule has 2 atom stereocenters. The van der Waals surface area contributed by atoms with E-state index >= 15 is 0 Å². The molecule has 1 aromatic carbocycles. The zero-order valence-corrected chi connectivity index (χ0v) is 11.9. The maximum Gasteiger partial charge on any atom is 0.269 e. The number of non-ortho nitro benzene ring substituents is 1. The van der Waals surface area contributed by atoms with Crippen LogP contribution in [0.3, 0.4) is 0 Å². The summed E-state index contributed by atoms with van der Waals surface area (Å²) in [4.78, 5) is 15.4. The quantitative estimate of drug-likeness (QED) is 0.670. The first kappa shape index (κ1) is 13.4. The molecule has 0 bridgehead atoms. The lowest BCUT2D eigenvalue weighted by Gasteiger charge is -2.44. The molecule has 3 rings (SSSR count). The van der Waals surface area contributed by atoms with Crippen LogP contribution in [0, 0.1) is 16.0 Å². The first-order chi connectivity index (χ1) is 9.62. The summed E-state index contributed by atoms with van der Waals surface area (Å²) >= 11 is 1.60. The maximum absolute atomic E-state index is 11.0. The molecule has 106 valence electrons. The Kier molecular flexibility index (Phi) is 3.41. The number of nitrogens with zero attached hydrogens (tertiary/aromatic N) is 2. The van der Waals surface area contributed by atoms with Crippen molar-refractivity contribution in [2.75, 3.05) is 5.75 Å². The fourth-order valence-electron chi connectivity index (χ4n) is 3.34. The van der Waals surface area contributed by atoms with Gasteiger partial charge in [0.2, 0.25) is 0 Å². The average molecular weight is 291 g/mol. The average Bonchev–Trinajstić information content (AvgIpc) is 2.47. The highest BCUT2D eigenvalue weighted by Gasteiger charge is 2.44. The van der Waals surface area contributed by atoms with Crippen LogP contribution in [0.4, 0.5) is 5.69 Å². The van der Waals surface area contributed by atoms with E-state index in [2.05, 4.69) is 0 Å². The number of nitrogens with two attached hydrogens (primary N) is 1. The number of aliphatic imine (C=N–C) groups is 1. The van der Waals surface area contributed by atoms with Gasteiger partial charge >= 0.3 is 0 Å². The molecule has 2 N–H and O–H groups in total. The molecule has 2 aliphatic rings. The molecule has 0 radical (unpaired) electrons. The maximum atomic E-state index is 11.0. The van der Waals surface area contributed by atoms with E-state index in [0.29, 0.717) is 11.1 Å². The Balaban J connectivity index is 2.10. The van der Waals surface area contributed by atoms with E-state index in [-0.39, 0.29) is 16.1 Å². The van der Waals surface area contributed by atoms with E-state index in [1.54, 1.807) is 23.9 Å². The molecule has 1 aliphatic carbocycles. The summed E-state index contributed by atoms with van der Waals surface area (Å²) in [5.74, 6) is 1.38. The lowest BCUT2D eigenvalue weighted by atomic mass is 9.70. The lowest BCUT2D eigenvalue weighted by Crippen LogP contribution is -2.42. The molecular formula is C14H17N3O2S. The van der Waals surface area contributed by atoms with Crippen LogP contribution in [-0.2, 0) is 5.54 Å². The lowest BCUT2D eigenvalue weighted by molar-refractivity contribution is -0.385. The van der Waals surface area contributed by atoms with Crippen LogP contribution in [0.2, 0.25) is 0 Å². The first-order valence-electron chi connectivity index (χ1n) is 6.85. The van der Waals surface area contributed by atoms with Crippen molar-refractivity contribution >= 4 is 22.6 Å². The van der Waals surface area contributed by atoms with Crippen molar-refractivity contribution in [2.24, 2.45) is 16.6 Å². The molecule has 5 nitrogen and oxygen atoms in total. The highest BCUT2D eigenvalue weighted by atomic mass is 32.2. The minimum Gasteiger partial charge on any atom is -0.379 e. The molecular weight excluding hydrogens is 274 g/mol. The van der Waals surface area contributed by atoms with Crippen molar-refractivity contribution in [1.82, 2.24) is 0 Å². The molecule has 1 heterocycles. The van der Waals surface area contributed by atoms with Crippen LogP contribution in [-0.4, -0.2) is 15.8 Å². The number of hydrogen-bond donors (Lipinski definition) is 1. The second-order valence-corrected chi connectivity index (χ2v) is 6.48. The minimum atomic E-state index is -0.348. The van der Waals surface area contributed by atoms with Crippen LogP contribution in [0.5, 0.6) is 0 Å². The summed E-state index contributed by atoms with van der Waals surface area (Å²) in [7, 11) is 0. The number of nitro benzene ring substituents is 1. The Morgan fingerprint density at radius 2 is 2.30 bits per heavy atom. The number of thioether (sulfide) groups is 1. The first-order valence-corrected chi connectivity index (χ1v) is 7.83. The minimum absolute atomic E-state index is 0.133. The number of rotatable bonds is 2. The molecule has 6 heteroatoms. The number of nitro groups is 1. The van der Waals surface area contributed by atoms with Gasteiger partial charge in [0.15, 0.2) is 5.17 Å². The smallest absolute Gasteiger partial charge is 0.269 e. The SMILES string of the molecule is NC1=NC2(c3cccc([N+](=O)[O-])c3)CCCCC2CS1. The molecule has 0 aromatic heterocycles. The predicted octanol–water partition coefficient (Wildman–Crippen LogP) is 3.04. The van der Waals surface area contributed by atoms with Gasteiger partial charge < -0.3 is 5.73 Å². The Bertz CT molecular complexity index is 575. The van der Waals surface area contributed by atoms with Gasteiger partial charge in [0, 0.05) is 17.9 Å². The van der Waals surface area contributed by atoms with Gasteiger partial charge in [-0.3, -0.25) is 15.1 Å². The normalized spacial score (nSPS) is 29.4. The summed E-state index contributed by atoms with van der Waals surface area (Å²) in [6, 6.07) is 6.91. The highest BCUT2D eigenvalue weighted by molar-refractivity contribution is 8.13. The zero-order chi connectivity index (χ0) is 14.2. The van der Waals surface area contributed by atoms with Gasteiger partial charge in [0.25, 0.3) is 5.69 Å². The fraction of sp³-hybridized carbons (Fsp3) is 0.500. The standard InChI is InChI=1S/C14H17N3O2S/c15-13-16-14(7-2-1-4-11(14)9-20-13)10-5-3-6-12(8-10)17(18)19/h3,5-6,8,11H,1-2,4,7,9H2,(H2,15,16). The third-order valence-corrected chi connectivity index (χ3v) is 5.29. The molecule has 2 unspecified atom stereocenters. The number of benzene rings is 1. The Hall–Kier alpha value is -1.56. The number of amidine groups is 1. The molecule has 1 fully saturated rings. The number of hydrogen-bond acceptors (Lipinski definition) is 5. The fourth-order valence-corrected chi connectivity index (χ4v) is 4.39. The number of fused-ring (bicyclic) bond motifs is 1. The van der Waals surface area contributed by atoms with Crippen LogP contribution >= 0.6 is 11.8 Å². The van der Waals surface area contributed by atoms with E-state index in [9.17, 15) is 10.1 Å². The van der Waals surface area contributed by atoms with E-state index in [4.69, 9.17) is 10.7 Å². The Morgan fingerprint density at radius 1 is 1.45 bits per heavy atom. The van der Waals surface area contributed by atoms with Gasteiger partial charge in [-0.25, -0.2) is 0 Å². The highest BCUT2D eigenvalue weighted by Crippen LogP contribution is 2.49. The molecule has 0 amide bonds. The summed E-state index contributed by atoms with van der Waals surface area (Å²) < 4.78 is 0. The van der Waals surface area contributed by atoms with Gasteiger partial charge in [-0.2, -0.15) is 0 Å². The zero-order valence-electron chi connectivity index (χ0n) is 11.1. The van der Waals surface area contributed by atoms with E-state index in [0.717, 1.165) is 30.6 Å². The van der Waals surface area contributed by atoms with E-state index in [1.807, 2.05) is 6.07 Å². The van der Waals surface area contributed by atoms with E-state index < -0.39 is 0 Å². The third-order valence-electron chi connectivity index (χ3n) is 4.33. The monoisotopic (exact) mass is 291 g/mol. The topological polar surface area (TPSA) is 81.5 Å². The summed E-state index contributed by atoms with van der Waals surface area (Å²) in [5.41, 5.74) is 6.67. The molecule has 1 aromatic rings. The van der Waals surface area contributed by atoms with Crippen LogP contribution in [0.1, 0.15) is 31.2 Å². The van der Waals surface area contributed by atoms with Crippen LogP contribution in [0.25, 0.3) is 0 Å². The van der Waals surface area contributed by atoms with Gasteiger partial charge in [0.1, 0.15) is 0 Å². The van der Waals surface area contributed by atoms with Crippen molar-refractivity contribution in [3.8, 4) is 0 Å². The third kappa shape index (κ3) is 2.18. The van der Waals surface area contributed by atoms with Crippen LogP contribution < -0.4 is 5.73 Å². The summed E-state index contributed by atoms with van der Waals surface area (Å²) in [6.45, 7) is 0. The molecule has 1 aliphatic heterocycles. The van der Waals surface area contributed by atoms with E-state index in [1.165, 1.54) is 12.5 Å². The molecule has 1 saturated carbocycles. The summed E-state index contributed by atoms with van der Waals surface area (Å²) in [6.07, 6.45) is 4.35. The Labute approximate surface area is 121 Å². The Morgan fingerprint density at radius 3 is 3.10 bits per heavy atom. The second kappa shape index (κ2) is 5.09. The van der Waals surface area contributed by atoms with Gasteiger partial charge in [0.05, 0.1) is 10.5 Å². The predicted molar refractivity (Wildman–Crippen MR) is 80.8 cm³/mol. The van der Waals surface area contributed by atoms with Gasteiger partial charge in [-0.15, -0.1) is 0 Å². The van der Waals surface area contributed by atoms with Crippen molar-refractivity contribution in [1.29, 1.82) is 0 Å².